The smallest absolute Gasteiger partial charge is 0.252 e. The van der Waals surface area contributed by atoms with E-state index in [0.717, 1.165) is 18.5 Å². The zero-order valence-electron chi connectivity index (χ0n) is 7.94. The van der Waals surface area contributed by atoms with Crippen LogP contribution >= 0.6 is 0 Å². The molecular formula is C10H14N2O2. The topological polar surface area (TPSA) is 56.3 Å². The van der Waals surface area contributed by atoms with E-state index in [1.807, 2.05) is 12.1 Å². The van der Waals surface area contributed by atoms with Crippen molar-refractivity contribution in [1.82, 2.24) is 9.88 Å². The summed E-state index contributed by atoms with van der Waals surface area (Å²) in [6, 6.07) is 3.65. The van der Waals surface area contributed by atoms with E-state index in [1.165, 1.54) is 0 Å². The minimum atomic E-state index is -0.224. The number of rotatable bonds is 2. The van der Waals surface area contributed by atoms with Crippen molar-refractivity contribution < 1.29 is 5.11 Å². The molecule has 1 aromatic heterocycles. The number of nitrogens with one attached hydrogen (secondary N) is 1. The van der Waals surface area contributed by atoms with Gasteiger partial charge in [0.05, 0.1) is 6.10 Å². The summed E-state index contributed by atoms with van der Waals surface area (Å²) >= 11 is 0. The molecule has 4 nitrogen and oxygen atoms in total. The van der Waals surface area contributed by atoms with Crippen LogP contribution in [0.5, 0.6) is 0 Å². The van der Waals surface area contributed by atoms with E-state index in [1.54, 1.807) is 6.20 Å². The summed E-state index contributed by atoms with van der Waals surface area (Å²) in [5.74, 6) is 0. The van der Waals surface area contributed by atoms with Gasteiger partial charge in [-0.3, -0.25) is 9.69 Å². The summed E-state index contributed by atoms with van der Waals surface area (Å²) in [5, 5.41) is 9.32. The second-order valence-corrected chi connectivity index (χ2v) is 3.70. The molecule has 0 aromatic carbocycles. The summed E-state index contributed by atoms with van der Waals surface area (Å²) in [7, 11) is 0. The van der Waals surface area contributed by atoms with Gasteiger partial charge in [-0.1, -0.05) is 6.07 Å². The van der Waals surface area contributed by atoms with Gasteiger partial charge in [-0.2, -0.15) is 0 Å². The molecule has 1 aliphatic heterocycles. The van der Waals surface area contributed by atoms with Crippen LogP contribution in [0.15, 0.2) is 23.1 Å². The molecule has 2 rings (SSSR count). The number of pyridine rings is 1. The van der Waals surface area contributed by atoms with Crippen molar-refractivity contribution in [2.24, 2.45) is 0 Å². The van der Waals surface area contributed by atoms with Crippen LogP contribution in [0.25, 0.3) is 0 Å². The van der Waals surface area contributed by atoms with Crippen molar-refractivity contribution in [3.8, 4) is 0 Å². The van der Waals surface area contributed by atoms with Crippen molar-refractivity contribution in [3.05, 3.63) is 34.2 Å². The number of aliphatic hydroxyl groups is 1. The molecule has 2 heterocycles. The monoisotopic (exact) mass is 194 g/mol. The normalized spacial score (nSPS) is 22.8. The number of aromatic amines is 1. The van der Waals surface area contributed by atoms with Crippen LogP contribution in [0, 0.1) is 0 Å². The van der Waals surface area contributed by atoms with Gasteiger partial charge in [0, 0.05) is 31.4 Å². The minimum absolute atomic E-state index is 0.0334. The Labute approximate surface area is 82.2 Å². The molecule has 76 valence electrons. The molecule has 1 unspecified atom stereocenters. The van der Waals surface area contributed by atoms with Crippen LogP contribution in [0.2, 0.25) is 0 Å². The number of hydrogen-bond donors (Lipinski definition) is 2. The molecule has 1 fully saturated rings. The first-order chi connectivity index (χ1) is 6.75. The van der Waals surface area contributed by atoms with Crippen LogP contribution in [0.4, 0.5) is 0 Å². The lowest BCUT2D eigenvalue weighted by Gasteiger charge is -2.13. The van der Waals surface area contributed by atoms with Crippen LogP contribution in [-0.4, -0.2) is 34.2 Å². The van der Waals surface area contributed by atoms with E-state index < -0.39 is 0 Å². The Morgan fingerprint density at radius 3 is 3.14 bits per heavy atom. The molecule has 2 N–H and O–H groups in total. The molecule has 0 saturated carbocycles. The highest BCUT2D eigenvalue weighted by Crippen LogP contribution is 2.10. The van der Waals surface area contributed by atoms with Gasteiger partial charge in [-0.05, 0) is 12.5 Å². The fourth-order valence-electron chi connectivity index (χ4n) is 1.78. The fourth-order valence-corrected chi connectivity index (χ4v) is 1.78. The third-order valence-electron chi connectivity index (χ3n) is 2.54. The second kappa shape index (κ2) is 3.94. The van der Waals surface area contributed by atoms with Gasteiger partial charge in [0.15, 0.2) is 0 Å². The number of aliphatic hydroxyl groups excluding tert-OH is 1. The highest BCUT2D eigenvalue weighted by atomic mass is 16.3. The number of hydrogen-bond acceptors (Lipinski definition) is 3. The molecule has 1 atom stereocenters. The van der Waals surface area contributed by atoms with Crippen LogP contribution in [0.1, 0.15) is 12.0 Å². The second-order valence-electron chi connectivity index (χ2n) is 3.70. The standard InChI is InChI=1S/C10H14N2O2/c13-9-3-5-12(7-9)6-8-2-1-4-11-10(8)14/h1-2,4,9,13H,3,5-7H2,(H,11,14). The fraction of sp³-hybridized carbons (Fsp3) is 0.500. The number of aromatic nitrogens is 1. The first kappa shape index (κ1) is 9.43. The van der Waals surface area contributed by atoms with E-state index in [9.17, 15) is 9.90 Å². The van der Waals surface area contributed by atoms with E-state index in [0.29, 0.717) is 13.1 Å². The molecule has 0 amide bonds. The lowest BCUT2D eigenvalue weighted by Crippen LogP contribution is -2.25. The third kappa shape index (κ3) is 2.02. The summed E-state index contributed by atoms with van der Waals surface area (Å²) in [4.78, 5) is 16.1. The molecular weight excluding hydrogens is 180 g/mol. The molecule has 1 aliphatic rings. The molecule has 0 aliphatic carbocycles. The van der Waals surface area contributed by atoms with Crippen molar-refractivity contribution in [2.75, 3.05) is 13.1 Å². The predicted molar refractivity (Wildman–Crippen MR) is 53.0 cm³/mol. The predicted octanol–water partition coefficient (Wildman–Crippen LogP) is -0.0585. The van der Waals surface area contributed by atoms with Crippen molar-refractivity contribution >= 4 is 0 Å². The lowest BCUT2D eigenvalue weighted by atomic mass is 10.2. The van der Waals surface area contributed by atoms with Gasteiger partial charge >= 0.3 is 0 Å². The van der Waals surface area contributed by atoms with Gasteiger partial charge in [0.2, 0.25) is 0 Å². The average Bonchev–Trinajstić information content (AvgIpc) is 2.56. The lowest BCUT2D eigenvalue weighted by molar-refractivity contribution is 0.174. The minimum Gasteiger partial charge on any atom is -0.392 e. The highest BCUT2D eigenvalue weighted by Gasteiger charge is 2.20. The van der Waals surface area contributed by atoms with Gasteiger partial charge < -0.3 is 10.1 Å². The van der Waals surface area contributed by atoms with Gasteiger partial charge in [0.25, 0.3) is 5.56 Å². The Balaban J connectivity index is 2.04. The quantitative estimate of drug-likeness (QED) is 0.693. The molecule has 14 heavy (non-hydrogen) atoms. The average molecular weight is 194 g/mol. The third-order valence-corrected chi connectivity index (χ3v) is 2.54. The van der Waals surface area contributed by atoms with Crippen LogP contribution in [0.3, 0.4) is 0 Å². The Morgan fingerprint density at radius 1 is 1.64 bits per heavy atom. The van der Waals surface area contributed by atoms with Crippen LogP contribution in [-0.2, 0) is 6.54 Å². The highest BCUT2D eigenvalue weighted by molar-refractivity contribution is 5.09. The number of H-pyrrole nitrogens is 1. The Bertz CT molecular complexity index is 361. The maximum Gasteiger partial charge on any atom is 0.252 e. The number of nitrogens with zero attached hydrogens (tertiary/aromatic N) is 1. The SMILES string of the molecule is O=c1[nH]cccc1CN1CCC(O)C1. The van der Waals surface area contributed by atoms with Gasteiger partial charge in [-0.25, -0.2) is 0 Å². The summed E-state index contributed by atoms with van der Waals surface area (Å²) in [6.45, 7) is 2.18. The first-order valence-corrected chi connectivity index (χ1v) is 4.83. The number of likely N-dealkylation sites (tertiary alicyclic amines) is 1. The van der Waals surface area contributed by atoms with Gasteiger partial charge in [0.1, 0.15) is 0 Å². The molecule has 0 spiro atoms. The summed E-state index contributed by atoms with van der Waals surface area (Å²) in [6.07, 6.45) is 2.22. The summed E-state index contributed by atoms with van der Waals surface area (Å²) in [5.41, 5.74) is 0.732. The summed E-state index contributed by atoms with van der Waals surface area (Å²) < 4.78 is 0. The maximum absolute atomic E-state index is 11.3. The molecule has 0 bridgehead atoms. The Hall–Kier alpha value is -1.13. The maximum atomic E-state index is 11.3. The van der Waals surface area contributed by atoms with E-state index in [4.69, 9.17) is 0 Å². The van der Waals surface area contributed by atoms with E-state index in [-0.39, 0.29) is 11.7 Å². The largest absolute Gasteiger partial charge is 0.392 e. The first-order valence-electron chi connectivity index (χ1n) is 4.83. The van der Waals surface area contributed by atoms with Gasteiger partial charge in [-0.15, -0.1) is 0 Å². The Morgan fingerprint density at radius 2 is 2.50 bits per heavy atom. The molecule has 1 aromatic rings. The zero-order valence-corrected chi connectivity index (χ0v) is 7.94. The molecule has 0 radical (unpaired) electrons. The zero-order chi connectivity index (χ0) is 9.97. The van der Waals surface area contributed by atoms with E-state index in [2.05, 4.69) is 9.88 Å². The molecule has 4 heteroatoms. The Kier molecular flexibility index (Phi) is 2.65. The van der Waals surface area contributed by atoms with Crippen molar-refractivity contribution in [2.45, 2.75) is 19.1 Å². The van der Waals surface area contributed by atoms with E-state index >= 15 is 0 Å². The van der Waals surface area contributed by atoms with Crippen molar-refractivity contribution in [1.29, 1.82) is 0 Å². The van der Waals surface area contributed by atoms with Crippen LogP contribution < -0.4 is 5.56 Å². The number of β-amino-alcohol motifs (C(OH)–C–C–N with tert-alkyl or cyclic N) is 1. The van der Waals surface area contributed by atoms with Crippen molar-refractivity contribution in [3.63, 3.8) is 0 Å². The molecule has 1 saturated heterocycles.